The number of anilines is 3. The minimum absolute atomic E-state index is 0.738. The van der Waals surface area contributed by atoms with E-state index in [1.54, 1.807) is 0 Å². The second-order valence-corrected chi connectivity index (χ2v) is 13.1. The van der Waals surface area contributed by atoms with E-state index in [2.05, 4.69) is 139 Å². The zero-order valence-electron chi connectivity index (χ0n) is 29.5. The average Bonchev–Trinajstić information content (AvgIpc) is 3.18. The SMILES string of the molecule is Cc1ccc(N(c2ccc(CN(Cc3ccccn3)Cc3ccccn3)cc2)c2ccc(CN(Cc3ccccn3)Cc3ccccn3)cc2)cc1. The number of hydrogen-bond donors (Lipinski definition) is 0. The molecule has 0 N–H and O–H groups in total. The van der Waals surface area contributed by atoms with Crippen LogP contribution in [0.4, 0.5) is 17.1 Å². The average molecular weight is 682 g/mol. The van der Waals surface area contributed by atoms with Crippen molar-refractivity contribution in [3.63, 3.8) is 0 Å². The van der Waals surface area contributed by atoms with Gasteiger partial charge in [-0.1, -0.05) is 66.2 Å². The van der Waals surface area contributed by atoms with Gasteiger partial charge in [-0.05, 0) is 103 Å². The lowest BCUT2D eigenvalue weighted by atomic mass is 10.1. The van der Waals surface area contributed by atoms with E-state index < -0.39 is 0 Å². The Labute approximate surface area is 306 Å². The highest BCUT2D eigenvalue weighted by molar-refractivity contribution is 5.76. The maximum absolute atomic E-state index is 4.59. The van der Waals surface area contributed by atoms with Gasteiger partial charge >= 0.3 is 0 Å². The van der Waals surface area contributed by atoms with E-state index in [0.29, 0.717) is 0 Å². The van der Waals surface area contributed by atoms with Crippen molar-refractivity contribution in [3.8, 4) is 0 Å². The topological polar surface area (TPSA) is 61.3 Å². The lowest BCUT2D eigenvalue weighted by molar-refractivity contribution is 0.241. The lowest BCUT2D eigenvalue weighted by Crippen LogP contribution is -2.23. The molecule has 0 saturated carbocycles. The zero-order valence-corrected chi connectivity index (χ0v) is 29.5. The molecule has 0 spiro atoms. The number of aromatic nitrogens is 4. The van der Waals surface area contributed by atoms with E-state index in [1.807, 2.05) is 73.3 Å². The molecule has 0 aliphatic heterocycles. The Morgan fingerprint density at radius 3 is 0.942 bits per heavy atom. The Bertz CT molecular complexity index is 1860. The predicted octanol–water partition coefficient (Wildman–Crippen LogP) is 9.45. The summed E-state index contributed by atoms with van der Waals surface area (Å²) in [5.41, 5.74) is 11.2. The summed E-state index contributed by atoms with van der Waals surface area (Å²) < 4.78 is 0. The largest absolute Gasteiger partial charge is 0.311 e. The van der Waals surface area contributed by atoms with Crippen LogP contribution < -0.4 is 4.90 Å². The molecule has 0 aliphatic carbocycles. The summed E-state index contributed by atoms with van der Waals surface area (Å²) in [4.78, 5) is 25.5. The highest BCUT2D eigenvalue weighted by Crippen LogP contribution is 2.35. The molecule has 0 amide bonds. The van der Waals surface area contributed by atoms with Crippen molar-refractivity contribution >= 4 is 17.1 Å². The Kier molecular flexibility index (Phi) is 11.4. The first kappa shape index (κ1) is 34.4. The molecule has 258 valence electrons. The molecular weight excluding hydrogens is 639 g/mol. The molecule has 4 heterocycles. The maximum Gasteiger partial charge on any atom is 0.0544 e. The number of hydrogen-bond acceptors (Lipinski definition) is 7. The summed E-state index contributed by atoms with van der Waals surface area (Å²) in [5, 5.41) is 0. The Morgan fingerprint density at radius 1 is 0.346 bits per heavy atom. The van der Waals surface area contributed by atoms with Gasteiger partial charge in [-0.25, -0.2) is 0 Å². The second kappa shape index (κ2) is 17.3. The molecule has 7 aromatic rings. The third-order valence-corrected chi connectivity index (χ3v) is 8.94. The van der Waals surface area contributed by atoms with Crippen LogP contribution in [-0.4, -0.2) is 29.7 Å². The summed E-state index contributed by atoms with van der Waals surface area (Å²) in [6.07, 6.45) is 7.43. The smallest absolute Gasteiger partial charge is 0.0544 e. The van der Waals surface area contributed by atoms with Gasteiger partial charge < -0.3 is 4.90 Å². The van der Waals surface area contributed by atoms with Crippen molar-refractivity contribution in [2.75, 3.05) is 4.90 Å². The van der Waals surface area contributed by atoms with Crippen LogP contribution >= 0.6 is 0 Å². The number of aryl methyl sites for hydroxylation is 1. The van der Waals surface area contributed by atoms with Gasteiger partial charge in [0.25, 0.3) is 0 Å². The van der Waals surface area contributed by atoms with Crippen molar-refractivity contribution in [2.24, 2.45) is 0 Å². The number of nitrogens with zero attached hydrogens (tertiary/aromatic N) is 7. The number of benzene rings is 3. The van der Waals surface area contributed by atoms with Crippen molar-refractivity contribution in [2.45, 2.75) is 46.2 Å². The molecule has 4 aromatic heterocycles. The predicted molar refractivity (Wildman–Crippen MR) is 209 cm³/mol. The van der Waals surface area contributed by atoms with Gasteiger partial charge in [-0.15, -0.1) is 0 Å². The second-order valence-electron chi connectivity index (χ2n) is 13.1. The van der Waals surface area contributed by atoms with Crippen LogP contribution in [0, 0.1) is 6.92 Å². The summed E-state index contributed by atoms with van der Waals surface area (Å²) in [7, 11) is 0. The maximum atomic E-state index is 4.59. The van der Waals surface area contributed by atoms with Crippen LogP contribution in [0.1, 0.15) is 39.5 Å². The van der Waals surface area contributed by atoms with E-state index in [4.69, 9.17) is 0 Å². The minimum Gasteiger partial charge on any atom is -0.311 e. The highest BCUT2D eigenvalue weighted by atomic mass is 15.2. The molecule has 0 atom stereocenters. The van der Waals surface area contributed by atoms with Crippen LogP contribution in [0.2, 0.25) is 0 Å². The fourth-order valence-corrected chi connectivity index (χ4v) is 6.38. The van der Waals surface area contributed by atoms with Gasteiger partial charge in [0.15, 0.2) is 0 Å². The molecule has 52 heavy (non-hydrogen) atoms. The van der Waals surface area contributed by atoms with Gasteiger partial charge in [-0.2, -0.15) is 0 Å². The van der Waals surface area contributed by atoms with Crippen molar-refractivity contribution < 1.29 is 0 Å². The molecule has 0 saturated heterocycles. The third-order valence-electron chi connectivity index (χ3n) is 8.94. The molecule has 0 aliphatic rings. The summed E-state index contributed by atoms with van der Waals surface area (Å²) in [5.74, 6) is 0. The first-order valence-electron chi connectivity index (χ1n) is 17.7. The van der Waals surface area contributed by atoms with Crippen LogP contribution in [0.3, 0.4) is 0 Å². The van der Waals surface area contributed by atoms with Crippen LogP contribution in [0.15, 0.2) is 170 Å². The zero-order chi connectivity index (χ0) is 35.4. The molecule has 7 nitrogen and oxygen atoms in total. The van der Waals surface area contributed by atoms with Crippen molar-refractivity contribution in [1.82, 2.24) is 29.7 Å². The van der Waals surface area contributed by atoms with Crippen molar-refractivity contribution in [1.29, 1.82) is 0 Å². The molecule has 0 radical (unpaired) electrons. The third kappa shape index (κ3) is 9.60. The molecule has 0 unspecified atom stereocenters. The number of rotatable bonds is 15. The molecule has 0 bridgehead atoms. The molecule has 0 fully saturated rings. The van der Waals surface area contributed by atoms with E-state index in [9.17, 15) is 0 Å². The van der Waals surface area contributed by atoms with Gasteiger partial charge in [0.1, 0.15) is 0 Å². The van der Waals surface area contributed by atoms with E-state index in [0.717, 1.165) is 79.1 Å². The summed E-state index contributed by atoms with van der Waals surface area (Å²) >= 11 is 0. The quantitative estimate of drug-likeness (QED) is 0.107. The van der Waals surface area contributed by atoms with Gasteiger partial charge in [0.2, 0.25) is 0 Å². The highest BCUT2D eigenvalue weighted by Gasteiger charge is 2.16. The van der Waals surface area contributed by atoms with Crippen LogP contribution in [0.5, 0.6) is 0 Å². The number of pyridine rings is 4. The van der Waals surface area contributed by atoms with E-state index in [-0.39, 0.29) is 0 Å². The van der Waals surface area contributed by atoms with Crippen LogP contribution in [-0.2, 0) is 39.3 Å². The first-order valence-corrected chi connectivity index (χ1v) is 17.7. The first-order chi connectivity index (χ1) is 25.6. The van der Waals surface area contributed by atoms with Crippen molar-refractivity contribution in [3.05, 3.63) is 210 Å². The summed E-state index contributed by atoms with van der Waals surface area (Å²) in [6, 6.07) is 50.9. The lowest BCUT2D eigenvalue weighted by Gasteiger charge is -2.27. The van der Waals surface area contributed by atoms with Crippen LogP contribution in [0.25, 0.3) is 0 Å². The fraction of sp³-hybridized carbons (Fsp3) is 0.156. The monoisotopic (exact) mass is 681 g/mol. The van der Waals surface area contributed by atoms with E-state index in [1.165, 1.54) is 16.7 Å². The summed E-state index contributed by atoms with van der Waals surface area (Å²) in [6.45, 7) is 6.63. The Balaban J connectivity index is 1.11. The van der Waals surface area contributed by atoms with Gasteiger partial charge in [0.05, 0.1) is 22.8 Å². The Hall–Kier alpha value is -6.02. The molecule has 3 aromatic carbocycles. The minimum atomic E-state index is 0.738. The van der Waals surface area contributed by atoms with E-state index >= 15 is 0 Å². The standard InChI is InChI=1S/C45H43N7/c1-36-14-20-43(21-15-36)52(44-22-16-37(17-23-44)30-50(32-39-10-2-6-26-46-39)33-40-11-3-7-27-47-40)45-24-18-38(19-25-45)31-51(34-41-12-4-8-28-48-41)35-42-13-5-9-29-49-42/h2-29H,30-35H2,1H3. The molecule has 7 rings (SSSR count). The normalized spacial score (nSPS) is 11.2. The Morgan fingerprint density at radius 2 is 0.654 bits per heavy atom. The van der Waals surface area contributed by atoms with Gasteiger partial charge in [0, 0.05) is 81.1 Å². The molecule has 7 heteroatoms. The fourth-order valence-electron chi connectivity index (χ4n) is 6.38. The molecular formula is C45H43N7. The van der Waals surface area contributed by atoms with Gasteiger partial charge in [-0.3, -0.25) is 29.7 Å².